The molecule has 0 saturated heterocycles. The first-order valence-corrected chi connectivity index (χ1v) is 6.93. The molecule has 0 amide bonds. The molecule has 0 aromatic carbocycles. The zero-order valence-corrected chi connectivity index (χ0v) is 10.4. The lowest BCUT2D eigenvalue weighted by Crippen LogP contribution is -2.35. The van der Waals surface area contributed by atoms with Crippen molar-refractivity contribution in [2.24, 2.45) is 0 Å². The van der Waals surface area contributed by atoms with E-state index < -0.39 is 0 Å². The summed E-state index contributed by atoms with van der Waals surface area (Å²) in [7, 11) is 0. The summed E-state index contributed by atoms with van der Waals surface area (Å²) in [5, 5.41) is 9.89. The number of nitrogens with two attached hydrogens (primary N) is 1. The van der Waals surface area contributed by atoms with Crippen LogP contribution in [0.25, 0.3) is 0 Å². The van der Waals surface area contributed by atoms with Crippen LogP contribution in [-0.2, 0) is 0 Å². The van der Waals surface area contributed by atoms with Gasteiger partial charge in [0.15, 0.2) is 0 Å². The Hall–Kier alpha value is -0.910. The maximum absolute atomic E-state index is 5.48. The second-order valence-corrected chi connectivity index (χ2v) is 5.62. The Balaban J connectivity index is 1.91. The van der Waals surface area contributed by atoms with Gasteiger partial charge in [-0.2, -0.15) is 16.7 Å². The van der Waals surface area contributed by atoms with Crippen LogP contribution in [0.4, 0.5) is 11.9 Å². The fourth-order valence-electron chi connectivity index (χ4n) is 2.24. The van der Waals surface area contributed by atoms with E-state index in [1.54, 1.807) is 0 Å². The smallest absolute Gasteiger partial charge is 0.243 e. The summed E-state index contributed by atoms with van der Waals surface area (Å²) in [6.07, 6.45) is 8.79. The van der Waals surface area contributed by atoms with Gasteiger partial charge in [0.05, 0.1) is 0 Å². The van der Waals surface area contributed by atoms with E-state index in [0.717, 1.165) is 6.54 Å². The molecule has 5 nitrogen and oxygen atoms in total. The quantitative estimate of drug-likeness (QED) is 0.750. The van der Waals surface area contributed by atoms with Gasteiger partial charge in [-0.3, -0.25) is 0 Å². The summed E-state index contributed by atoms with van der Waals surface area (Å²) in [5.74, 6) is 0.973. The molecule has 0 bridgehead atoms. The van der Waals surface area contributed by atoms with Crippen LogP contribution in [0.5, 0.6) is 0 Å². The molecule has 6 heteroatoms. The topological polar surface area (TPSA) is 79.6 Å². The molecule has 90 valence electrons. The summed E-state index contributed by atoms with van der Waals surface area (Å²) < 4.78 is 0.355. The van der Waals surface area contributed by atoms with Crippen LogP contribution in [-0.4, -0.2) is 32.7 Å². The predicted molar refractivity (Wildman–Crippen MR) is 68.6 cm³/mol. The maximum Gasteiger partial charge on any atom is 0.243 e. The third-order valence-electron chi connectivity index (χ3n) is 3.27. The molecule has 0 spiro atoms. The SMILES string of the molecule is CSC1(CNc2n[nH]c(N)n2)CCCCC1. The highest BCUT2D eigenvalue weighted by molar-refractivity contribution is 8.00. The molecule has 1 aliphatic carbocycles. The van der Waals surface area contributed by atoms with Crippen LogP contribution in [0.3, 0.4) is 0 Å². The Morgan fingerprint density at radius 2 is 2.19 bits per heavy atom. The lowest BCUT2D eigenvalue weighted by molar-refractivity contribution is 0.411. The van der Waals surface area contributed by atoms with E-state index >= 15 is 0 Å². The Morgan fingerprint density at radius 1 is 1.44 bits per heavy atom. The molecule has 1 aromatic heterocycles. The fraction of sp³-hybridized carbons (Fsp3) is 0.800. The Morgan fingerprint density at radius 3 is 2.75 bits per heavy atom. The van der Waals surface area contributed by atoms with E-state index in [1.807, 2.05) is 11.8 Å². The highest BCUT2D eigenvalue weighted by Crippen LogP contribution is 2.38. The predicted octanol–water partition coefficient (Wildman–Crippen LogP) is 1.86. The number of hydrogen-bond acceptors (Lipinski definition) is 5. The summed E-state index contributed by atoms with van der Waals surface area (Å²) in [4.78, 5) is 4.05. The fourth-order valence-corrected chi connectivity index (χ4v) is 3.16. The van der Waals surface area contributed by atoms with Crippen molar-refractivity contribution in [1.82, 2.24) is 15.2 Å². The van der Waals surface area contributed by atoms with Crippen molar-refractivity contribution in [2.75, 3.05) is 23.9 Å². The largest absolute Gasteiger partial charge is 0.368 e. The minimum absolute atomic E-state index is 0.355. The minimum Gasteiger partial charge on any atom is -0.368 e. The molecule has 1 aromatic rings. The summed E-state index contributed by atoms with van der Waals surface area (Å²) in [5.41, 5.74) is 5.48. The third-order valence-corrected chi connectivity index (χ3v) is 4.69. The van der Waals surface area contributed by atoms with Crippen molar-refractivity contribution >= 4 is 23.7 Å². The number of H-pyrrole nitrogens is 1. The molecule has 1 fully saturated rings. The van der Waals surface area contributed by atoms with Gasteiger partial charge in [0.2, 0.25) is 11.9 Å². The summed E-state index contributed by atoms with van der Waals surface area (Å²) >= 11 is 1.96. The first kappa shape index (κ1) is 11.6. The second-order valence-electron chi connectivity index (χ2n) is 4.35. The van der Waals surface area contributed by atoms with Crippen molar-refractivity contribution < 1.29 is 0 Å². The molecule has 0 radical (unpaired) electrons. The van der Waals surface area contributed by atoms with Crippen molar-refractivity contribution in [3.05, 3.63) is 0 Å². The molecule has 2 rings (SSSR count). The van der Waals surface area contributed by atoms with E-state index in [0.29, 0.717) is 16.6 Å². The van der Waals surface area contributed by atoms with Crippen LogP contribution in [0.1, 0.15) is 32.1 Å². The number of thioether (sulfide) groups is 1. The Labute approximate surface area is 100.0 Å². The zero-order chi connectivity index (χ0) is 11.4. The first-order chi connectivity index (χ1) is 7.74. The van der Waals surface area contributed by atoms with Crippen LogP contribution in [0.2, 0.25) is 0 Å². The van der Waals surface area contributed by atoms with E-state index in [4.69, 9.17) is 5.73 Å². The van der Waals surface area contributed by atoms with E-state index in [9.17, 15) is 0 Å². The van der Waals surface area contributed by atoms with Crippen molar-refractivity contribution in [1.29, 1.82) is 0 Å². The second kappa shape index (κ2) is 4.95. The first-order valence-electron chi connectivity index (χ1n) is 5.71. The average molecular weight is 241 g/mol. The maximum atomic E-state index is 5.48. The van der Waals surface area contributed by atoms with Gasteiger partial charge in [-0.15, -0.1) is 5.10 Å². The van der Waals surface area contributed by atoms with Crippen molar-refractivity contribution in [3.63, 3.8) is 0 Å². The van der Waals surface area contributed by atoms with Gasteiger partial charge in [-0.05, 0) is 19.1 Å². The summed E-state index contributed by atoms with van der Waals surface area (Å²) in [6.45, 7) is 0.922. The van der Waals surface area contributed by atoms with E-state index in [1.165, 1.54) is 32.1 Å². The number of aromatic amines is 1. The van der Waals surface area contributed by atoms with Crippen LogP contribution in [0, 0.1) is 0 Å². The van der Waals surface area contributed by atoms with E-state index in [-0.39, 0.29) is 0 Å². The molecule has 1 heterocycles. The van der Waals surface area contributed by atoms with Crippen molar-refractivity contribution in [2.45, 2.75) is 36.9 Å². The minimum atomic E-state index is 0.355. The number of aromatic nitrogens is 3. The number of hydrogen-bond donors (Lipinski definition) is 3. The Bertz CT molecular complexity index is 332. The molecule has 0 aliphatic heterocycles. The molecule has 4 N–H and O–H groups in total. The molecule has 1 saturated carbocycles. The van der Waals surface area contributed by atoms with Gasteiger partial charge in [-0.1, -0.05) is 19.3 Å². The molecule has 0 atom stereocenters. The number of anilines is 2. The lowest BCUT2D eigenvalue weighted by Gasteiger charge is -2.35. The van der Waals surface area contributed by atoms with Gasteiger partial charge in [0, 0.05) is 11.3 Å². The molecule has 0 unspecified atom stereocenters. The number of rotatable bonds is 4. The van der Waals surface area contributed by atoms with Gasteiger partial charge >= 0.3 is 0 Å². The normalized spacial score (nSPS) is 19.6. The Kier molecular flexibility index (Phi) is 3.58. The molecular weight excluding hydrogens is 222 g/mol. The number of nitrogens with zero attached hydrogens (tertiary/aromatic N) is 2. The monoisotopic (exact) mass is 241 g/mol. The van der Waals surface area contributed by atoms with Gasteiger partial charge in [0.25, 0.3) is 0 Å². The lowest BCUT2D eigenvalue weighted by atomic mass is 9.88. The highest BCUT2D eigenvalue weighted by atomic mass is 32.2. The standard InChI is InChI=1S/C10H19N5S/c1-16-10(5-3-2-4-6-10)7-12-9-13-8(11)14-15-9/h2-7H2,1H3,(H4,11,12,13,14,15). The summed E-state index contributed by atoms with van der Waals surface area (Å²) in [6, 6.07) is 0. The molecule has 16 heavy (non-hydrogen) atoms. The van der Waals surface area contributed by atoms with Gasteiger partial charge in [-0.25, -0.2) is 5.10 Å². The van der Waals surface area contributed by atoms with E-state index in [2.05, 4.69) is 26.8 Å². The zero-order valence-electron chi connectivity index (χ0n) is 9.62. The number of nitrogen functional groups attached to an aromatic ring is 1. The third kappa shape index (κ3) is 2.61. The van der Waals surface area contributed by atoms with Crippen molar-refractivity contribution in [3.8, 4) is 0 Å². The molecular formula is C10H19N5S. The van der Waals surface area contributed by atoms with Crippen LogP contribution in [0.15, 0.2) is 0 Å². The molecule has 1 aliphatic rings. The average Bonchev–Trinajstić information content (AvgIpc) is 2.74. The van der Waals surface area contributed by atoms with Gasteiger partial charge in [0.1, 0.15) is 0 Å². The number of nitrogens with one attached hydrogen (secondary N) is 2. The van der Waals surface area contributed by atoms with Gasteiger partial charge < -0.3 is 11.1 Å². The van der Waals surface area contributed by atoms with Crippen LogP contribution >= 0.6 is 11.8 Å². The van der Waals surface area contributed by atoms with Crippen LogP contribution < -0.4 is 11.1 Å². The highest BCUT2D eigenvalue weighted by Gasteiger charge is 2.31.